The molecule has 0 aromatic rings. The van der Waals surface area contributed by atoms with Crippen LogP contribution in [0.25, 0.3) is 0 Å². The van der Waals surface area contributed by atoms with Gasteiger partial charge >= 0.3 is 0 Å². The van der Waals surface area contributed by atoms with Gasteiger partial charge in [0.2, 0.25) is 0 Å². The highest BCUT2D eigenvalue weighted by Gasteiger charge is 1.92. The van der Waals surface area contributed by atoms with Gasteiger partial charge in [0.1, 0.15) is 0 Å². The average Bonchev–Trinajstić information content (AvgIpc) is 2.16. The fourth-order valence-corrected chi connectivity index (χ4v) is 0.863. The van der Waals surface area contributed by atoms with Crippen molar-refractivity contribution in [3.05, 3.63) is 48.2 Å². The Morgan fingerprint density at radius 2 is 2.00 bits per heavy atom. The molecule has 0 heterocycles. The van der Waals surface area contributed by atoms with Gasteiger partial charge in [-0.15, -0.1) is 0 Å². The van der Waals surface area contributed by atoms with Crippen LogP contribution >= 0.6 is 0 Å². The predicted molar refractivity (Wildman–Crippen MR) is 61.0 cm³/mol. The Morgan fingerprint density at radius 1 is 1.31 bits per heavy atom. The molecule has 0 aliphatic carbocycles. The SMILES string of the molecule is C=CC=NC(=C\C)/C(C)=C\C=C/C. The van der Waals surface area contributed by atoms with Crippen molar-refractivity contribution in [2.75, 3.05) is 0 Å². The molecule has 0 saturated heterocycles. The fourth-order valence-electron chi connectivity index (χ4n) is 0.863. The summed E-state index contributed by atoms with van der Waals surface area (Å²) in [6.45, 7) is 9.58. The Labute approximate surface area is 80.9 Å². The molecule has 0 amide bonds. The summed E-state index contributed by atoms with van der Waals surface area (Å²) < 4.78 is 0. The summed E-state index contributed by atoms with van der Waals surface area (Å²) in [5.41, 5.74) is 2.14. The molecule has 0 N–H and O–H groups in total. The van der Waals surface area contributed by atoms with Crippen LogP contribution in [0.15, 0.2) is 53.2 Å². The van der Waals surface area contributed by atoms with Gasteiger partial charge in [0.25, 0.3) is 0 Å². The van der Waals surface area contributed by atoms with Gasteiger partial charge in [-0.05, 0) is 26.3 Å². The van der Waals surface area contributed by atoms with E-state index in [0.29, 0.717) is 0 Å². The zero-order valence-electron chi connectivity index (χ0n) is 8.62. The first-order valence-electron chi connectivity index (χ1n) is 4.37. The maximum absolute atomic E-state index is 4.23. The highest BCUT2D eigenvalue weighted by molar-refractivity contribution is 5.71. The maximum Gasteiger partial charge on any atom is 0.0616 e. The Kier molecular flexibility index (Phi) is 6.52. The highest BCUT2D eigenvalue weighted by Crippen LogP contribution is 2.09. The summed E-state index contributed by atoms with van der Waals surface area (Å²) in [6.07, 6.45) is 11.4. The van der Waals surface area contributed by atoms with Gasteiger partial charge in [-0.2, -0.15) is 0 Å². The van der Waals surface area contributed by atoms with E-state index in [4.69, 9.17) is 0 Å². The van der Waals surface area contributed by atoms with Gasteiger partial charge in [0.05, 0.1) is 5.70 Å². The highest BCUT2D eigenvalue weighted by atomic mass is 14.7. The zero-order chi connectivity index (χ0) is 10.1. The molecule has 0 radical (unpaired) electrons. The zero-order valence-corrected chi connectivity index (χ0v) is 8.62. The molecule has 0 saturated carbocycles. The molecule has 0 aliphatic rings. The Hall–Kier alpha value is -1.37. The summed E-state index contributed by atoms with van der Waals surface area (Å²) in [6, 6.07) is 0. The quantitative estimate of drug-likeness (QED) is 0.456. The molecule has 0 aromatic carbocycles. The second-order valence-corrected chi connectivity index (χ2v) is 2.56. The van der Waals surface area contributed by atoms with Crippen molar-refractivity contribution in [2.45, 2.75) is 20.8 Å². The van der Waals surface area contributed by atoms with Crippen molar-refractivity contribution in [3.8, 4) is 0 Å². The lowest BCUT2D eigenvalue weighted by molar-refractivity contribution is 1.28. The number of aliphatic imine (C=N–C) groups is 1. The van der Waals surface area contributed by atoms with E-state index in [-0.39, 0.29) is 0 Å². The molecule has 0 aromatic heterocycles. The Morgan fingerprint density at radius 3 is 2.46 bits per heavy atom. The Balaban J connectivity index is 4.60. The molecule has 0 atom stereocenters. The van der Waals surface area contributed by atoms with Crippen LogP contribution < -0.4 is 0 Å². The molecule has 0 rings (SSSR count). The van der Waals surface area contributed by atoms with Crippen LogP contribution in [0.5, 0.6) is 0 Å². The smallest absolute Gasteiger partial charge is 0.0616 e. The maximum atomic E-state index is 4.23. The van der Waals surface area contributed by atoms with Gasteiger partial charge in [0, 0.05) is 6.21 Å². The number of nitrogens with zero attached hydrogens (tertiary/aromatic N) is 1. The van der Waals surface area contributed by atoms with Crippen molar-refractivity contribution in [1.29, 1.82) is 0 Å². The molecular formula is C12H17N. The van der Waals surface area contributed by atoms with Crippen molar-refractivity contribution < 1.29 is 0 Å². The number of hydrogen-bond donors (Lipinski definition) is 0. The van der Waals surface area contributed by atoms with Crippen LogP contribution in [0.4, 0.5) is 0 Å². The molecule has 1 heteroatoms. The normalized spacial score (nSPS) is 14.4. The molecule has 13 heavy (non-hydrogen) atoms. The lowest BCUT2D eigenvalue weighted by Gasteiger charge is -1.98. The lowest BCUT2D eigenvalue weighted by atomic mass is 10.2. The van der Waals surface area contributed by atoms with Crippen molar-refractivity contribution in [2.24, 2.45) is 4.99 Å². The van der Waals surface area contributed by atoms with E-state index in [1.54, 1.807) is 12.3 Å². The third-order valence-corrected chi connectivity index (χ3v) is 1.54. The molecule has 0 spiro atoms. The van der Waals surface area contributed by atoms with E-state index < -0.39 is 0 Å². The van der Waals surface area contributed by atoms with E-state index in [1.807, 2.05) is 45.1 Å². The summed E-state index contributed by atoms with van der Waals surface area (Å²) in [7, 11) is 0. The summed E-state index contributed by atoms with van der Waals surface area (Å²) in [5, 5.41) is 0. The van der Waals surface area contributed by atoms with Crippen LogP contribution in [0, 0.1) is 0 Å². The molecule has 1 nitrogen and oxygen atoms in total. The van der Waals surface area contributed by atoms with Crippen LogP contribution in [0.2, 0.25) is 0 Å². The first kappa shape index (κ1) is 11.6. The van der Waals surface area contributed by atoms with E-state index in [2.05, 4.69) is 11.6 Å². The summed E-state index contributed by atoms with van der Waals surface area (Å²) in [4.78, 5) is 4.23. The lowest BCUT2D eigenvalue weighted by Crippen LogP contribution is -1.80. The fraction of sp³-hybridized carbons (Fsp3) is 0.250. The van der Waals surface area contributed by atoms with Gasteiger partial charge in [-0.3, -0.25) is 4.99 Å². The number of rotatable bonds is 4. The van der Waals surface area contributed by atoms with Crippen molar-refractivity contribution in [3.63, 3.8) is 0 Å². The second kappa shape index (κ2) is 7.29. The van der Waals surface area contributed by atoms with Crippen LogP contribution in [0.1, 0.15) is 20.8 Å². The van der Waals surface area contributed by atoms with E-state index in [9.17, 15) is 0 Å². The van der Waals surface area contributed by atoms with Crippen LogP contribution in [-0.4, -0.2) is 6.21 Å². The minimum atomic E-state index is 0.984. The van der Waals surface area contributed by atoms with Gasteiger partial charge < -0.3 is 0 Å². The molecule has 0 bridgehead atoms. The van der Waals surface area contributed by atoms with Gasteiger partial charge in [0.15, 0.2) is 0 Å². The largest absolute Gasteiger partial charge is 0.257 e. The van der Waals surface area contributed by atoms with E-state index in [1.165, 1.54) is 0 Å². The third-order valence-electron chi connectivity index (χ3n) is 1.54. The number of hydrogen-bond acceptors (Lipinski definition) is 1. The summed E-state index contributed by atoms with van der Waals surface area (Å²) in [5.74, 6) is 0. The molecule has 0 aliphatic heterocycles. The molecular weight excluding hydrogens is 158 g/mol. The predicted octanol–water partition coefficient (Wildman–Crippen LogP) is 3.67. The van der Waals surface area contributed by atoms with Crippen molar-refractivity contribution in [1.82, 2.24) is 0 Å². The van der Waals surface area contributed by atoms with Gasteiger partial charge in [-0.1, -0.05) is 37.0 Å². The minimum Gasteiger partial charge on any atom is -0.257 e. The van der Waals surface area contributed by atoms with Crippen LogP contribution in [-0.2, 0) is 0 Å². The van der Waals surface area contributed by atoms with Gasteiger partial charge in [-0.25, -0.2) is 0 Å². The minimum absolute atomic E-state index is 0.984. The molecule has 70 valence electrons. The topological polar surface area (TPSA) is 12.4 Å². The third kappa shape index (κ3) is 4.96. The summed E-state index contributed by atoms with van der Waals surface area (Å²) >= 11 is 0. The first-order valence-corrected chi connectivity index (χ1v) is 4.37. The monoisotopic (exact) mass is 175 g/mol. The van der Waals surface area contributed by atoms with Crippen LogP contribution in [0.3, 0.4) is 0 Å². The standard InChI is InChI=1S/C12H17N/c1-5-8-9-11(4)12(7-3)13-10-6-2/h5-10H,2H2,1,3-4H3/b8-5-,11-9-,12-7-,13-10?. The second-order valence-electron chi connectivity index (χ2n) is 2.56. The van der Waals surface area contributed by atoms with E-state index in [0.717, 1.165) is 11.3 Å². The molecule has 0 fully saturated rings. The van der Waals surface area contributed by atoms with E-state index >= 15 is 0 Å². The average molecular weight is 175 g/mol. The van der Waals surface area contributed by atoms with Crippen molar-refractivity contribution >= 4 is 6.21 Å². The first-order chi connectivity index (χ1) is 6.26. The Bertz CT molecular complexity index is 265. The number of allylic oxidation sites excluding steroid dienone is 6. The molecule has 0 unspecified atom stereocenters.